The smallest absolute Gasteiger partial charge is 0.322 e. The molecule has 0 saturated heterocycles. The molecule has 60 heavy (non-hydrogen) atoms. The van der Waals surface area contributed by atoms with Gasteiger partial charge in [0.05, 0.1) is 34.8 Å². The van der Waals surface area contributed by atoms with Crippen LogP contribution < -0.4 is 10.6 Å². The van der Waals surface area contributed by atoms with Crippen molar-refractivity contribution in [3.05, 3.63) is 139 Å². The number of nitrogens with one attached hydrogen (secondary N) is 2. The summed E-state index contributed by atoms with van der Waals surface area (Å²) in [5.74, 6) is 0.487. The quantitative estimate of drug-likeness (QED) is 0.154. The normalized spacial score (nSPS) is 12.1. The van der Waals surface area contributed by atoms with Crippen molar-refractivity contribution in [2.75, 3.05) is 10.6 Å². The van der Waals surface area contributed by atoms with Gasteiger partial charge in [0.25, 0.3) is 5.95 Å². The summed E-state index contributed by atoms with van der Waals surface area (Å²) >= 11 is 0. The molecule has 0 amide bonds. The molecule has 13 nitrogen and oxygen atoms in total. The molecule has 2 aromatic carbocycles. The van der Waals surface area contributed by atoms with Crippen LogP contribution in [0.1, 0.15) is 16.7 Å². The highest BCUT2D eigenvalue weighted by Crippen LogP contribution is 2.36. The van der Waals surface area contributed by atoms with Gasteiger partial charge in [-0.25, -0.2) is 4.98 Å². The van der Waals surface area contributed by atoms with Gasteiger partial charge in [-0.1, -0.05) is 24.3 Å². The number of hydrogen-bond acceptors (Lipinski definition) is 11. The van der Waals surface area contributed by atoms with Gasteiger partial charge in [0.15, 0.2) is 11.3 Å². The Hall–Kier alpha value is -7.78. The monoisotopic (exact) mass is 831 g/mol. The van der Waals surface area contributed by atoms with Gasteiger partial charge in [0.2, 0.25) is 5.95 Å². The Morgan fingerprint density at radius 1 is 0.500 bits per heavy atom. The fraction of sp³-hybridized carbons (Fsp3) is 0.0789. The molecule has 0 radical (unpaired) electrons. The van der Waals surface area contributed by atoms with E-state index in [4.69, 9.17) is 0 Å². The molecule has 9 aromatic rings. The zero-order valence-corrected chi connectivity index (χ0v) is 29.9. The van der Waals surface area contributed by atoms with Crippen LogP contribution in [0.15, 0.2) is 122 Å². The van der Waals surface area contributed by atoms with E-state index < -0.39 is 35.2 Å². The van der Waals surface area contributed by atoms with Crippen molar-refractivity contribution in [1.29, 1.82) is 0 Å². The van der Waals surface area contributed by atoms with Crippen LogP contribution in [-0.2, 0) is 18.5 Å². The van der Waals surface area contributed by atoms with E-state index in [2.05, 4.69) is 56.2 Å². The van der Waals surface area contributed by atoms with Crippen LogP contribution in [0.5, 0.6) is 0 Å². The SMILES string of the molecule is FC(F)(F)c1ccc(-c2cnn3c(Nc4cccc5cnccc45)nnc3c2)cc1.FC(F)(F)c1ccc(Nc2nnc3cc(-c4ncccc4C(F)(F)F)cnn23)nc1. The summed E-state index contributed by atoms with van der Waals surface area (Å²) < 4.78 is 118. The first-order valence-corrected chi connectivity index (χ1v) is 17.1. The number of nitrogens with zero attached hydrogens (tertiary/aromatic N) is 11. The minimum Gasteiger partial charge on any atom is -0.322 e. The maximum atomic E-state index is 13.2. The number of fused-ring (bicyclic) bond motifs is 3. The molecule has 0 fully saturated rings. The van der Waals surface area contributed by atoms with Crippen LogP contribution in [0.4, 0.5) is 62.9 Å². The van der Waals surface area contributed by atoms with Gasteiger partial charge in [-0.3, -0.25) is 9.97 Å². The molecule has 2 N–H and O–H groups in total. The molecule has 9 rings (SSSR count). The highest BCUT2D eigenvalue weighted by molar-refractivity contribution is 5.94. The van der Waals surface area contributed by atoms with Gasteiger partial charge < -0.3 is 10.6 Å². The molecular formula is C38H22F9N13. The number of anilines is 4. The van der Waals surface area contributed by atoms with Crippen LogP contribution in [0.25, 0.3) is 44.5 Å². The molecule has 0 saturated carbocycles. The second-order valence-corrected chi connectivity index (χ2v) is 12.6. The molecule has 0 atom stereocenters. The molecular weight excluding hydrogens is 809 g/mol. The largest absolute Gasteiger partial charge is 0.418 e. The van der Waals surface area contributed by atoms with E-state index in [0.29, 0.717) is 28.9 Å². The molecule has 0 spiro atoms. The van der Waals surface area contributed by atoms with Crippen molar-refractivity contribution >= 4 is 45.5 Å². The Bertz CT molecular complexity index is 2960. The molecule has 22 heteroatoms. The van der Waals surface area contributed by atoms with E-state index in [1.54, 1.807) is 24.7 Å². The lowest BCUT2D eigenvalue weighted by molar-refractivity contribution is -0.138. The molecule has 0 aliphatic heterocycles. The van der Waals surface area contributed by atoms with E-state index in [9.17, 15) is 39.5 Å². The van der Waals surface area contributed by atoms with Crippen molar-refractivity contribution in [1.82, 2.24) is 54.6 Å². The van der Waals surface area contributed by atoms with Crippen LogP contribution in [0, 0.1) is 0 Å². The topological polar surface area (TPSA) is 149 Å². The van der Waals surface area contributed by atoms with Crippen molar-refractivity contribution in [2.24, 2.45) is 0 Å². The molecule has 302 valence electrons. The minimum absolute atomic E-state index is 0.0147. The van der Waals surface area contributed by atoms with Gasteiger partial charge in [0, 0.05) is 52.4 Å². The van der Waals surface area contributed by atoms with E-state index in [1.807, 2.05) is 24.3 Å². The molecule has 0 aliphatic rings. The number of pyridine rings is 3. The summed E-state index contributed by atoms with van der Waals surface area (Å²) in [4.78, 5) is 11.6. The highest BCUT2D eigenvalue weighted by atomic mass is 19.4. The lowest BCUT2D eigenvalue weighted by atomic mass is 10.1. The van der Waals surface area contributed by atoms with Gasteiger partial charge in [-0.15, -0.1) is 20.4 Å². The average molecular weight is 832 g/mol. The van der Waals surface area contributed by atoms with Crippen LogP contribution in [-0.4, -0.2) is 54.6 Å². The lowest BCUT2D eigenvalue weighted by Gasteiger charge is -2.11. The van der Waals surface area contributed by atoms with Crippen molar-refractivity contribution in [3.63, 3.8) is 0 Å². The molecule has 0 aliphatic carbocycles. The van der Waals surface area contributed by atoms with Crippen molar-refractivity contribution in [2.45, 2.75) is 18.5 Å². The summed E-state index contributed by atoms with van der Waals surface area (Å²) in [6.07, 6.45) is -5.42. The second-order valence-electron chi connectivity index (χ2n) is 12.6. The first kappa shape index (κ1) is 39.1. The Morgan fingerprint density at radius 3 is 1.80 bits per heavy atom. The summed E-state index contributed by atoms with van der Waals surface area (Å²) in [5, 5.41) is 32.1. The summed E-state index contributed by atoms with van der Waals surface area (Å²) in [6, 6.07) is 19.7. The highest BCUT2D eigenvalue weighted by Gasteiger charge is 2.35. The predicted octanol–water partition coefficient (Wildman–Crippen LogP) is 9.46. The van der Waals surface area contributed by atoms with Gasteiger partial charge in [0.1, 0.15) is 5.82 Å². The zero-order chi connectivity index (χ0) is 42.2. The Kier molecular flexibility index (Phi) is 9.89. The third kappa shape index (κ3) is 8.14. The first-order chi connectivity index (χ1) is 28.6. The third-order valence-electron chi connectivity index (χ3n) is 8.71. The molecule has 7 heterocycles. The van der Waals surface area contributed by atoms with E-state index >= 15 is 0 Å². The van der Waals surface area contributed by atoms with E-state index in [1.165, 1.54) is 39.5 Å². The number of benzene rings is 2. The maximum absolute atomic E-state index is 13.2. The Balaban J connectivity index is 0.000000166. The van der Waals surface area contributed by atoms with Gasteiger partial charge in [-0.2, -0.15) is 58.7 Å². The van der Waals surface area contributed by atoms with E-state index in [0.717, 1.165) is 53.0 Å². The number of alkyl halides is 9. The molecule has 0 unspecified atom stereocenters. The molecule has 7 aromatic heterocycles. The minimum atomic E-state index is -4.61. The van der Waals surface area contributed by atoms with Crippen LogP contribution in [0.2, 0.25) is 0 Å². The molecule has 0 bridgehead atoms. The Morgan fingerprint density at radius 2 is 1.15 bits per heavy atom. The summed E-state index contributed by atoms with van der Waals surface area (Å²) in [6.45, 7) is 0. The number of aromatic nitrogens is 11. The fourth-order valence-corrected chi connectivity index (χ4v) is 5.84. The standard InChI is InChI=1S/C21H13F3N6.C17H9F6N7/c22-21(23,24)16-6-4-13(5-7-16)15-10-19-28-29-20(30(19)26-12-15)27-18-3-1-2-14-11-25-9-8-17(14)18;18-16(19,20)10-3-4-12(25-8-10)27-15-29-28-13-6-9(7-26-30(13)15)14-11(17(21,22)23)2-1-5-24-14/h1-12H,(H,27,29);1-8H,(H,25,27,29). The van der Waals surface area contributed by atoms with Crippen molar-refractivity contribution < 1.29 is 39.5 Å². The first-order valence-electron chi connectivity index (χ1n) is 17.1. The Labute approximate surface area is 329 Å². The van der Waals surface area contributed by atoms with Crippen LogP contribution >= 0.6 is 0 Å². The zero-order valence-electron chi connectivity index (χ0n) is 29.9. The number of halogens is 9. The van der Waals surface area contributed by atoms with Crippen LogP contribution in [0.3, 0.4) is 0 Å². The average Bonchev–Trinajstić information content (AvgIpc) is 3.83. The number of hydrogen-bond donors (Lipinski definition) is 2. The third-order valence-corrected chi connectivity index (χ3v) is 8.71. The fourth-order valence-electron chi connectivity index (χ4n) is 5.84. The second kappa shape index (κ2) is 15.2. The summed E-state index contributed by atoms with van der Waals surface area (Å²) in [5.41, 5.74) is -0.136. The predicted molar refractivity (Wildman–Crippen MR) is 198 cm³/mol. The van der Waals surface area contributed by atoms with E-state index in [-0.39, 0.29) is 28.7 Å². The number of rotatable bonds is 6. The maximum Gasteiger partial charge on any atom is 0.418 e. The van der Waals surface area contributed by atoms with Crippen molar-refractivity contribution in [3.8, 4) is 22.4 Å². The summed E-state index contributed by atoms with van der Waals surface area (Å²) in [7, 11) is 0. The lowest BCUT2D eigenvalue weighted by Crippen LogP contribution is -2.09. The van der Waals surface area contributed by atoms with Gasteiger partial charge >= 0.3 is 18.5 Å². The van der Waals surface area contributed by atoms with Gasteiger partial charge in [-0.05, 0) is 66.2 Å².